The minimum absolute atomic E-state index is 0. The summed E-state index contributed by atoms with van der Waals surface area (Å²) >= 11 is 0. The van der Waals surface area contributed by atoms with Crippen LogP contribution in [0, 0.1) is 13.8 Å². The van der Waals surface area contributed by atoms with E-state index in [4.69, 9.17) is 9.47 Å². The van der Waals surface area contributed by atoms with Gasteiger partial charge in [-0.25, -0.2) is 0 Å². The van der Waals surface area contributed by atoms with Crippen molar-refractivity contribution in [2.75, 3.05) is 40.0 Å². The maximum atomic E-state index is 5.84. The highest BCUT2D eigenvalue weighted by molar-refractivity contribution is 14.0. The second-order valence-electron chi connectivity index (χ2n) is 4.69. The summed E-state index contributed by atoms with van der Waals surface area (Å²) in [7, 11) is 1.75. The molecular formula is C16H28IN3O2. The molecule has 5 nitrogen and oxygen atoms in total. The van der Waals surface area contributed by atoms with Crippen molar-refractivity contribution in [3.05, 3.63) is 29.3 Å². The number of benzene rings is 1. The molecule has 0 saturated carbocycles. The summed E-state index contributed by atoms with van der Waals surface area (Å²) in [6, 6.07) is 6.16. The Hall–Kier alpha value is -1.02. The summed E-state index contributed by atoms with van der Waals surface area (Å²) < 4.78 is 11.1. The maximum absolute atomic E-state index is 5.84. The lowest BCUT2D eigenvalue weighted by atomic mass is 10.1. The van der Waals surface area contributed by atoms with Crippen molar-refractivity contribution in [2.24, 2.45) is 4.99 Å². The number of rotatable bonds is 8. The van der Waals surface area contributed by atoms with E-state index in [0.29, 0.717) is 19.8 Å². The Kier molecular flexibility index (Phi) is 11.9. The Morgan fingerprint density at radius 2 is 1.68 bits per heavy atom. The largest absolute Gasteiger partial charge is 0.491 e. The van der Waals surface area contributed by atoms with E-state index in [-0.39, 0.29) is 24.0 Å². The quantitative estimate of drug-likeness (QED) is 0.293. The number of para-hydroxylation sites is 1. The summed E-state index contributed by atoms with van der Waals surface area (Å²) in [6.07, 6.45) is 0. The second-order valence-corrected chi connectivity index (χ2v) is 4.69. The lowest BCUT2D eigenvalue weighted by Gasteiger charge is -2.14. The molecule has 0 fully saturated rings. The number of aliphatic imine (C=N–C) groups is 1. The second kappa shape index (κ2) is 12.5. The molecule has 0 spiro atoms. The minimum Gasteiger partial charge on any atom is -0.491 e. The molecule has 22 heavy (non-hydrogen) atoms. The normalized spacial score (nSPS) is 10.8. The van der Waals surface area contributed by atoms with Gasteiger partial charge in [-0.3, -0.25) is 4.99 Å². The van der Waals surface area contributed by atoms with Crippen molar-refractivity contribution in [3.63, 3.8) is 0 Å². The van der Waals surface area contributed by atoms with Gasteiger partial charge in [0.15, 0.2) is 5.96 Å². The van der Waals surface area contributed by atoms with Gasteiger partial charge in [-0.05, 0) is 31.9 Å². The molecule has 6 heteroatoms. The van der Waals surface area contributed by atoms with Crippen LogP contribution < -0.4 is 15.4 Å². The smallest absolute Gasteiger partial charge is 0.191 e. The van der Waals surface area contributed by atoms with E-state index in [9.17, 15) is 0 Å². The van der Waals surface area contributed by atoms with Crippen LogP contribution in [-0.4, -0.2) is 45.9 Å². The molecule has 0 heterocycles. The number of hydrogen-bond acceptors (Lipinski definition) is 3. The van der Waals surface area contributed by atoms with Gasteiger partial charge in [-0.2, -0.15) is 0 Å². The van der Waals surface area contributed by atoms with Crippen molar-refractivity contribution < 1.29 is 9.47 Å². The first-order valence-corrected chi connectivity index (χ1v) is 7.40. The highest BCUT2D eigenvalue weighted by Gasteiger charge is 2.03. The first-order valence-electron chi connectivity index (χ1n) is 7.40. The van der Waals surface area contributed by atoms with Gasteiger partial charge in [-0.15, -0.1) is 24.0 Å². The summed E-state index contributed by atoms with van der Waals surface area (Å²) in [5, 5.41) is 6.40. The zero-order chi connectivity index (χ0) is 15.5. The van der Waals surface area contributed by atoms with Crippen molar-refractivity contribution >= 4 is 29.9 Å². The first-order chi connectivity index (χ1) is 10.2. The van der Waals surface area contributed by atoms with Crippen molar-refractivity contribution in [2.45, 2.75) is 20.8 Å². The molecule has 0 amide bonds. The predicted molar refractivity (Wildman–Crippen MR) is 103 cm³/mol. The van der Waals surface area contributed by atoms with Gasteiger partial charge < -0.3 is 20.1 Å². The monoisotopic (exact) mass is 421 g/mol. The molecule has 1 aromatic rings. The predicted octanol–water partition coefficient (Wildman–Crippen LogP) is 2.50. The number of guanidine groups is 1. The Morgan fingerprint density at radius 3 is 2.23 bits per heavy atom. The minimum atomic E-state index is 0. The molecule has 0 aliphatic carbocycles. The summed E-state index contributed by atoms with van der Waals surface area (Å²) in [5.74, 6) is 1.73. The number of halogens is 1. The van der Waals surface area contributed by atoms with Crippen molar-refractivity contribution in [1.29, 1.82) is 0 Å². The fraction of sp³-hybridized carbons (Fsp3) is 0.562. The molecule has 1 rings (SSSR count). The van der Waals surface area contributed by atoms with Crippen molar-refractivity contribution in [1.82, 2.24) is 10.6 Å². The molecular weight excluding hydrogens is 393 g/mol. The van der Waals surface area contributed by atoms with Crippen LogP contribution >= 0.6 is 24.0 Å². The van der Waals surface area contributed by atoms with Crippen LogP contribution in [0.1, 0.15) is 18.1 Å². The Labute approximate surface area is 150 Å². The molecule has 126 valence electrons. The Morgan fingerprint density at radius 1 is 1.09 bits per heavy atom. The third-order valence-corrected chi connectivity index (χ3v) is 3.02. The fourth-order valence-electron chi connectivity index (χ4n) is 1.96. The van der Waals surface area contributed by atoms with E-state index < -0.39 is 0 Å². The maximum Gasteiger partial charge on any atom is 0.191 e. The third-order valence-electron chi connectivity index (χ3n) is 3.02. The van der Waals surface area contributed by atoms with Gasteiger partial charge in [-0.1, -0.05) is 18.2 Å². The number of hydrogen-bond donors (Lipinski definition) is 2. The van der Waals surface area contributed by atoms with Crippen LogP contribution in [0.15, 0.2) is 23.2 Å². The van der Waals surface area contributed by atoms with Gasteiger partial charge in [0.05, 0.1) is 13.2 Å². The van der Waals surface area contributed by atoms with Crippen LogP contribution in [0.3, 0.4) is 0 Å². The van der Waals surface area contributed by atoms with Gasteiger partial charge in [0, 0.05) is 20.2 Å². The Balaban J connectivity index is 0.00000441. The SMILES string of the molecule is CCOCCNC(=NC)NCCOc1c(C)cccc1C.I. The summed E-state index contributed by atoms with van der Waals surface area (Å²) in [5.41, 5.74) is 2.32. The molecule has 0 bridgehead atoms. The van der Waals surface area contributed by atoms with Crippen molar-refractivity contribution in [3.8, 4) is 5.75 Å². The van der Waals surface area contributed by atoms with Crippen LogP contribution in [0.25, 0.3) is 0 Å². The van der Waals surface area contributed by atoms with Gasteiger partial charge in [0.2, 0.25) is 0 Å². The van der Waals surface area contributed by atoms with Crippen LogP contribution in [0.2, 0.25) is 0 Å². The van der Waals surface area contributed by atoms with E-state index in [1.165, 1.54) is 0 Å². The lowest BCUT2D eigenvalue weighted by molar-refractivity contribution is 0.152. The van der Waals surface area contributed by atoms with Gasteiger partial charge >= 0.3 is 0 Å². The highest BCUT2D eigenvalue weighted by Crippen LogP contribution is 2.21. The van der Waals surface area contributed by atoms with E-state index >= 15 is 0 Å². The van der Waals surface area contributed by atoms with Crippen LogP contribution in [0.4, 0.5) is 0 Å². The molecule has 0 aromatic heterocycles. The summed E-state index contributed by atoms with van der Waals surface area (Å²) in [6.45, 7) is 9.55. The number of nitrogens with zero attached hydrogens (tertiary/aromatic N) is 1. The molecule has 0 saturated heterocycles. The average molecular weight is 421 g/mol. The first kappa shape index (κ1) is 21.0. The number of nitrogens with one attached hydrogen (secondary N) is 2. The average Bonchev–Trinajstić information content (AvgIpc) is 2.48. The molecule has 0 unspecified atom stereocenters. The highest BCUT2D eigenvalue weighted by atomic mass is 127. The Bertz CT molecular complexity index is 433. The zero-order valence-electron chi connectivity index (χ0n) is 13.9. The molecule has 0 atom stereocenters. The molecule has 0 aliphatic heterocycles. The van der Waals surface area contributed by atoms with Crippen LogP contribution in [0.5, 0.6) is 5.75 Å². The standard InChI is InChI=1S/C16H27N3O2.HI/c1-5-20-11-9-18-16(17-4)19-10-12-21-15-13(2)7-6-8-14(15)3;/h6-8H,5,9-12H2,1-4H3,(H2,17,18,19);1H. The van der Waals surface area contributed by atoms with E-state index in [2.05, 4.69) is 41.6 Å². The molecule has 2 N–H and O–H groups in total. The topological polar surface area (TPSA) is 54.9 Å². The zero-order valence-corrected chi connectivity index (χ0v) is 16.3. The number of ether oxygens (including phenoxy) is 2. The molecule has 1 aromatic carbocycles. The van der Waals surface area contributed by atoms with E-state index in [1.807, 2.05) is 13.0 Å². The van der Waals surface area contributed by atoms with E-state index in [0.717, 1.165) is 36.0 Å². The van der Waals surface area contributed by atoms with Gasteiger partial charge in [0.25, 0.3) is 0 Å². The van der Waals surface area contributed by atoms with Crippen LogP contribution in [-0.2, 0) is 4.74 Å². The summed E-state index contributed by atoms with van der Waals surface area (Å²) in [4.78, 5) is 4.15. The van der Waals surface area contributed by atoms with Gasteiger partial charge in [0.1, 0.15) is 12.4 Å². The lowest BCUT2D eigenvalue weighted by Crippen LogP contribution is -2.40. The third kappa shape index (κ3) is 7.84. The fourth-order valence-corrected chi connectivity index (χ4v) is 1.96. The molecule has 0 aliphatic rings. The number of aryl methyl sites for hydroxylation is 2. The van der Waals surface area contributed by atoms with E-state index in [1.54, 1.807) is 7.05 Å². The molecule has 0 radical (unpaired) electrons.